The number of nitrogens with zero attached hydrogens (tertiary/aromatic N) is 3. The third-order valence-electron chi connectivity index (χ3n) is 2.56. The first-order chi connectivity index (χ1) is 8.41. The number of carbonyl (C=O) groups is 1. The van der Waals surface area contributed by atoms with Crippen molar-refractivity contribution in [3.63, 3.8) is 0 Å². The van der Waals surface area contributed by atoms with Gasteiger partial charge in [-0.3, -0.25) is 4.79 Å². The number of carbonyl (C=O) groups excluding carboxylic acids is 1. The molecule has 0 bridgehead atoms. The Morgan fingerprint density at radius 1 is 1.17 bits per heavy atom. The number of nitrogens with two attached hydrogens (primary N) is 1. The molecular formula is C9H10N4O5+2. The lowest BCUT2D eigenvalue weighted by atomic mass is 10.1. The van der Waals surface area contributed by atoms with Gasteiger partial charge >= 0.3 is 11.4 Å². The molecule has 1 aromatic rings. The molecule has 1 heterocycles. The van der Waals surface area contributed by atoms with E-state index >= 15 is 0 Å². The molecule has 0 unspecified atom stereocenters. The summed E-state index contributed by atoms with van der Waals surface area (Å²) in [6.07, 6.45) is 0. The van der Waals surface area contributed by atoms with E-state index in [9.17, 15) is 14.6 Å². The fourth-order valence-electron chi connectivity index (χ4n) is 1.62. The molecule has 0 spiro atoms. The first kappa shape index (κ1) is 11.8. The van der Waals surface area contributed by atoms with Gasteiger partial charge < -0.3 is 10.6 Å². The van der Waals surface area contributed by atoms with Gasteiger partial charge in [0.25, 0.3) is 15.8 Å². The topological polar surface area (TPSA) is 127 Å². The fraction of sp³-hybridized carbons (Fsp3) is 0.222. The van der Waals surface area contributed by atoms with E-state index in [1.807, 2.05) is 0 Å². The molecule has 1 fully saturated rings. The summed E-state index contributed by atoms with van der Waals surface area (Å²) in [7, 11) is 0. The van der Waals surface area contributed by atoms with Crippen molar-refractivity contribution in [2.45, 2.75) is 0 Å². The highest BCUT2D eigenvalue weighted by Crippen LogP contribution is 2.37. The largest absolute Gasteiger partial charge is 0.365 e. The second-order valence-corrected chi connectivity index (χ2v) is 3.76. The van der Waals surface area contributed by atoms with Gasteiger partial charge in [-0.05, 0) is 6.07 Å². The Hall–Kier alpha value is -2.71. The lowest BCUT2D eigenvalue weighted by Crippen LogP contribution is -2.15. The molecule has 0 radical (unpaired) electrons. The molecule has 0 saturated carbocycles. The molecule has 1 saturated heterocycles. The van der Waals surface area contributed by atoms with E-state index in [4.69, 9.17) is 16.1 Å². The second-order valence-electron chi connectivity index (χ2n) is 3.76. The average molecular weight is 254 g/mol. The van der Waals surface area contributed by atoms with Crippen LogP contribution in [0.2, 0.25) is 0 Å². The summed E-state index contributed by atoms with van der Waals surface area (Å²) in [4.78, 5) is 33.7. The van der Waals surface area contributed by atoms with Gasteiger partial charge in [-0.25, -0.2) is 10.4 Å². The smallest absolute Gasteiger partial charge is 0.346 e. The van der Waals surface area contributed by atoms with E-state index in [1.54, 1.807) is 4.90 Å². The van der Waals surface area contributed by atoms with E-state index in [0.29, 0.717) is 13.1 Å². The van der Waals surface area contributed by atoms with Gasteiger partial charge in [0.1, 0.15) is 17.3 Å². The van der Waals surface area contributed by atoms with Crippen LogP contribution in [0.5, 0.6) is 0 Å². The van der Waals surface area contributed by atoms with Crippen molar-refractivity contribution in [1.82, 2.24) is 0 Å². The summed E-state index contributed by atoms with van der Waals surface area (Å²) >= 11 is 0. The van der Waals surface area contributed by atoms with Crippen molar-refractivity contribution in [2.24, 2.45) is 5.73 Å². The Morgan fingerprint density at radius 3 is 2.11 bits per heavy atom. The highest BCUT2D eigenvalue weighted by atomic mass is 16.6. The number of anilines is 1. The quantitative estimate of drug-likeness (QED) is 0.520. The van der Waals surface area contributed by atoms with Crippen LogP contribution in [0.25, 0.3) is 0 Å². The molecule has 1 aromatic carbocycles. The normalized spacial score (nSPS) is 13.2. The zero-order valence-electron chi connectivity index (χ0n) is 9.11. The van der Waals surface area contributed by atoms with E-state index < -0.39 is 21.4 Å². The van der Waals surface area contributed by atoms with Crippen LogP contribution < -0.4 is 10.6 Å². The third-order valence-corrected chi connectivity index (χ3v) is 2.56. The number of benzene rings is 1. The molecular weight excluding hydrogens is 244 g/mol. The molecule has 4 N–H and O–H groups in total. The van der Waals surface area contributed by atoms with Gasteiger partial charge in [0.15, 0.2) is 0 Å². The minimum absolute atomic E-state index is 0.236. The van der Waals surface area contributed by atoms with Gasteiger partial charge in [-0.15, -0.1) is 0 Å². The summed E-state index contributed by atoms with van der Waals surface area (Å²) in [6, 6.07) is 2.08. The Balaban J connectivity index is 2.67. The van der Waals surface area contributed by atoms with Crippen LogP contribution >= 0.6 is 0 Å². The Labute approximate surface area is 100 Å². The maximum atomic E-state index is 11.2. The summed E-state index contributed by atoms with van der Waals surface area (Å²) < 4.78 is 0. The van der Waals surface area contributed by atoms with Gasteiger partial charge in [0.2, 0.25) is 0 Å². The molecule has 0 aromatic heterocycles. The molecule has 9 heteroatoms. The predicted octanol–water partition coefficient (Wildman–Crippen LogP) is 0.205. The van der Waals surface area contributed by atoms with Crippen LogP contribution in [-0.2, 0) is 0 Å². The van der Waals surface area contributed by atoms with Crippen LogP contribution in [0.3, 0.4) is 0 Å². The van der Waals surface area contributed by atoms with Gasteiger partial charge in [0.05, 0.1) is 9.81 Å². The molecule has 2 rings (SSSR count). The standard InChI is InChI=1S/C9H9N4O5/c10-9(14)5-3-7(11-1-2-11)8(13(17)18)4-6(5)12(15)16/h3-4H,1-2H2,(H3-,10,14,15,16,17,18)/q+1/p+1. The first-order valence-electron chi connectivity index (χ1n) is 4.97. The average Bonchev–Trinajstić information content (AvgIpc) is 3.10. The van der Waals surface area contributed by atoms with Crippen molar-refractivity contribution in [2.75, 3.05) is 18.0 Å². The number of hydrogen-bond donors (Lipinski definition) is 3. The second kappa shape index (κ2) is 3.95. The van der Waals surface area contributed by atoms with Crippen LogP contribution in [0.1, 0.15) is 10.4 Å². The van der Waals surface area contributed by atoms with Crippen molar-refractivity contribution < 1.29 is 25.1 Å². The number of rotatable bonds is 4. The van der Waals surface area contributed by atoms with Gasteiger partial charge in [-0.2, -0.15) is 0 Å². The highest BCUT2D eigenvalue weighted by Gasteiger charge is 2.36. The Kier molecular flexibility index (Phi) is 2.58. The Morgan fingerprint density at radius 2 is 1.72 bits per heavy atom. The minimum Gasteiger partial charge on any atom is -0.365 e. The molecule has 0 aliphatic carbocycles. The number of amides is 1. The SMILES string of the molecule is NC(=O)c1cc(N2CC2)c([N+](=O)O)cc1[N+](=O)O. The summed E-state index contributed by atoms with van der Waals surface area (Å²) in [5.41, 5.74) is 4.36. The van der Waals surface area contributed by atoms with E-state index in [1.165, 1.54) is 6.07 Å². The van der Waals surface area contributed by atoms with Crippen LogP contribution in [0, 0.1) is 9.81 Å². The molecule has 1 aliphatic rings. The highest BCUT2D eigenvalue weighted by molar-refractivity contribution is 5.99. The van der Waals surface area contributed by atoms with Crippen molar-refractivity contribution in [3.8, 4) is 0 Å². The number of primary amides is 1. The summed E-state index contributed by atoms with van der Waals surface area (Å²) in [5, 5.41) is 17.8. The van der Waals surface area contributed by atoms with Crippen molar-refractivity contribution in [1.29, 1.82) is 0 Å². The molecule has 94 valence electrons. The van der Waals surface area contributed by atoms with Gasteiger partial charge in [0, 0.05) is 13.1 Å². The van der Waals surface area contributed by atoms with E-state index in [2.05, 4.69) is 0 Å². The number of hydrogen-bond acceptors (Lipinski definition) is 4. The maximum Gasteiger partial charge on any atom is 0.346 e. The molecule has 1 amide bonds. The summed E-state index contributed by atoms with van der Waals surface area (Å²) in [6.45, 7) is 1.30. The van der Waals surface area contributed by atoms with E-state index in [0.717, 1.165) is 6.07 Å². The van der Waals surface area contributed by atoms with E-state index in [-0.39, 0.29) is 16.9 Å². The summed E-state index contributed by atoms with van der Waals surface area (Å²) in [5.74, 6) is -0.926. The molecule has 0 atom stereocenters. The third kappa shape index (κ3) is 1.93. The first-order valence-corrected chi connectivity index (χ1v) is 4.97. The monoisotopic (exact) mass is 254 g/mol. The lowest BCUT2D eigenvalue weighted by molar-refractivity contribution is -0.735. The molecule has 18 heavy (non-hydrogen) atoms. The minimum atomic E-state index is -0.926. The van der Waals surface area contributed by atoms with Crippen LogP contribution in [0.15, 0.2) is 12.1 Å². The zero-order chi connectivity index (χ0) is 13.4. The van der Waals surface area contributed by atoms with Crippen molar-refractivity contribution >= 4 is 23.0 Å². The lowest BCUT2D eigenvalue weighted by Gasteiger charge is -2.03. The van der Waals surface area contributed by atoms with Gasteiger partial charge in [-0.1, -0.05) is 0 Å². The maximum absolute atomic E-state index is 11.2. The predicted molar refractivity (Wildman–Crippen MR) is 57.3 cm³/mol. The zero-order valence-corrected chi connectivity index (χ0v) is 9.11. The fourth-order valence-corrected chi connectivity index (χ4v) is 1.62. The Bertz CT molecular complexity index is 566. The van der Waals surface area contributed by atoms with Crippen LogP contribution in [0.4, 0.5) is 17.1 Å². The molecule has 1 aliphatic heterocycles. The van der Waals surface area contributed by atoms with Crippen molar-refractivity contribution in [3.05, 3.63) is 27.5 Å². The van der Waals surface area contributed by atoms with Crippen LogP contribution in [-0.4, -0.2) is 39.3 Å². The molecule has 9 nitrogen and oxygen atoms in total.